The highest BCUT2D eigenvalue weighted by Gasteiger charge is 2.25. The van der Waals surface area contributed by atoms with Gasteiger partial charge in [-0.1, -0.05) is 30.3 Å². The summed E-state index contributed by atoms with van der Waals surface area (Å²) in [4.78, 5) is 2.39. The molecule has 1 fully saturated rings. The molecule has 0 aliphatic carbocycles. The Bertz CT molecular complexity index is 688. The summed E-state index contributed by atoms with van der Waals surface area (Å²) in [6.07, 6.45) is 1.10. The van der Waals surface area contributed by atoms with Crippen molar-refractivity contribution < 1.29 is 9.13 Å². The van der Waals surface area contributed by atoms with Crippen molar-refractivity contribution in [1.29, 1.82) is 0 Å². The van der Waals surface area contributed by atoms with E-state index in [9.17, 15) is 4.39 Å². The van der Waals surface area contributed by atoms with Crippen molar-refractivity contribution >= 4 is 0 Å². The van der Waals surface area contributed by atoms with Crippen LogP contribution in [0.2, 0.25) is 0 Å². The monoisotopic (exact) mass is 328 g/mol. The maximum atomic E-state index is 13.8. The number of hydrogen-bond acceptors (Lipinski definition) is 3. The Morgan fingerprint density at radius 2 is 2.04 bits per heavy atom. The Hall–Kier alpha value is -1.91. The lowest BCUT2D eigenvalue weighted by Gasteiger charge is -2.20. The van der Waals surface area contributed by atoms with E-state index in [1.54, 1.807) is 13.0 Å². The molecule has 0 radical (unpaired) electrons. The fraction of sp³-hybridized carbons (Fsp3) is 0.400. The second-order valence-electron chi connectivity index (χ2n) is 6.68. The molecule has 1 unspecified atom stereocenters. The molecule has 2 N–H and O–H groups in total. The van der Waals surface area contributed by atoms with E-state index in [0.717, 1.165) is 37.4 Å². The number of nitrogens with two attached hydrogens (primary N) is 1. The lowest BCUT2D eigenvalue weighted by molar-refractivity contribution is 0.195. The summed E-state index contributed by atoms with van der Waals surface area (Å²) in [6.45, 7) is 6.43. The summed E-state index contributed by atoms with van der Waals surface area (Å²) in [5.74, 6) is 0.488. The van der Waals surface area contributed by atoms with Crippen LogP contribution in [0.15, 0.2) is 42.5 Å². The quantitative estimate of drug-likeness (QED) is 0.907. The fourth-order valence-electron chi connectivity index (χ4n) is 3.19. The molecular weight excluding hydrogens is 303 g/mol. The third-order valence-corrected chi connectivity index (χ3v) is 4.55. The average molecular weight is 328 g/mol. The topological polar surface area (TPSA) is 38.5 Å². The number of nitrogens with zero attached hydrogens (tertiary/aromatic N) is 1. The van der Waals surface area contributed by atoms with E-state index in [1.807, 2.05) is 13.0 Å². The lowest BCUT2D eigenvalue weighted by Crippen LogP contribution is -2.25. The number of rotatable bonds is 5. The van der Waals surface area contributed by atoms with E-state index in [2.05, 4.69) is 29.2 Å². The van der Waals surface area contributed by atoms with Crippen molar-refractivity contribution in [3.05, 3.63) is 65.0 Å². The van der Waals surface area contributed by atoms with Crippen LogP contribution >= 0.6 is 0 Å². The summed E-state index contributed by atoms with van der Waals surface area (Å²) < 4.78 is 20.0. The summed E-state index contributed by atoms with van der Waals surface area (Å²) in [5, 5.41) is 0. The molecule has 3 rings (SSSR count). The van der Waals surface area contributed by atoms with Gasteiger partial charge in [0.05, 0.1) is 0 Å². The molecule has 1 saturated heterocycles. The first-order chi connectivity index (χ1) is 11.5. The van der Waals surface area contributed by atoms with Gasteiger partial charge >= 0.3 is 0 Å². The summed E-state index contributed by atoms with van der Waals surface area (Å²) in [6, 6.07) is 13.5. The minimum absolute atomic E-state index is 0.121. The Kier molecular flexibility index (Phi) is 5.17. The van der Waals surface area contributed by atoms with E-state index >= 15 is 0 Å². The molecule has 0 aromatic heterocycles. The van der Waals surface area contributed by atoms with E-state index in [1.165, 1.54) is 11.6 Å². The van der Waals surface area contributed by atoms with E-state index in [4.69, 9.17) is 10.5 Å². The summed E-state index contributed by atoms with van der Waals surface area (Å²) in [7, 11) is 0. The molecular formula is C20H25FN2O. The predicted molar refractivity (Wildman–Crippen MR) is 94.5 cm³/mol. The van der Waals surface area contributed by atoms with Crippen molar-refractivity contribution in [3.63, 3.8) is 0 Å². The molecule has 128 valence electrons. The van der Waals surface area contributed by atoms with E-state index in [0.29, 0.717) is 5.56 Å². The van der Waals surface area contributed by atoms with Gasteiger partial charge in [0.15, 0.2) is 0 Å². The Balaban J connectivity index is 1.66. The number of ether oxygens (including phenoxy) is 1. The van der Waals surface area contributed by atoms with Crippen molar-refractivity contribution in [2.24, 2.45) is 5.73 Å². The minimum atomic E-state index is -0.253. The number of halogens is 1. The smallest absolute Gasteiger partial charge is 0.126 e. The first-order valence-electron chi connectivity index (χ1n) is 8.51. The first kappa shape index (κ1) is 16.9. The van der Waals surface area contributed by atoms with Crippen molar-refractivity contribution in [2.75, 3.05) is 13.1 Å². The van der Waals surface area contributed by atoms with E-state index < -0.39 is 0 Å². The highest BCUT2D eigenvalue weighted by Crippen LogP contribution is 2.29. The third-order valence-electron chi connectivity index (χ3n) is 4.55. The number of aryl methyl sites for hydroxylation is 1. The van der Waals surface area contributed by atoms with Gasteiger partial charge in [0.1, 0.15) is 17.7 Å². The van der Waals surface area contributed by atoms with Gasteiger partial charge < -0.3 is 10.5 Å². The number of likely N-dealkylation sites (tertiary alicyclic amines) is 1. The molecule has 0 spiro atoms. The molecule has 3 nitrogen and oxygen atoms in total. The van der Waals surface area contributed by atoms with Crippen LogP contribution in [0.1, 0.15) is 36.1 Å². The predicted octanol–water partition coefficient (Wildman–Crippen LogP) is 3.81. The Morgan fingerprint density at radius 3 is 2.75 bits per heavy atom. The van der Waals surface area contributed by atoms with Crippen LogP contribution in [-0.2, 0) is 6.54 Å². The van der Waals surface area contributed by atoms with Gasteiger partial charge in [-0.05, 0) is 43.5 Å². The van der Waals surface area contributed by atoms with Crippen LogP contribution in [0.3, 0.4) is 0 Å². The average Bonchev–Trinajstić information content (AvgIpc) is 2.98. The molecule has 24 heavy (non-hydrogen) atoms. The van der Waals surface area contributed by atoms with E-state index in [-0.39, 0.29) is 18.0 Å². The maximum Gasteiger partial charge on any atom is 0.126 e. The van der Waals surface area contributed by atoms with Crippen LogP contribution in [-0.4, -0.2) is 24.1 Å². The number of hydrogen-bond donors (Lipinski definition) is 1. The highest BCUT2D eigenvalue weighted by molar-refractivity contribution is 5.40. The molecule has 0 amide bonds. The van der Waals surface area contributed by atoms with Gasteiger partial charge in [-0.25, -0.2) is 4.39 Å². The minimum Gasteiger partial charge on any atom is -0.489 e. The van der Waals surface area contributed by atoms with Crippen molar-refractivity contribution in [2.45, 2.75) is 39.0 Å². The maximum absolute atomic E-state index is 13.8. The molecule has 1 aliphatic rings. The van der Waals surface area contributed by atoms with Crippen LogP contribution in [0.25, 0.3) is 0 Å². The second-order valence-corrected chi connectivity index (χ2v) is 6.68. The Labute approximate surface area is 143 Å². The van der Waals surface area contributed by atoms with Gasteiger partial charge in [0.2, 0.25) is 0 Å². The van der Waals surface area contributed by atoms with Gasteiger partial charge in [0.25, 0.3) is 0 Å². The third kappa shape index (κ3) is 3.94. The standard InChI is InChI=1S/C20H25FN2O/c1-14-10-20(18(15(2)22)11-19(14)21)24-17-8-9-23(13-17)12-16-6-4-3-5-7-16/h3-7,10-11,15,17H,8-9,12-13,22H2,1-2H3/t15-,17?/m0/s1. The molecule has 0 bridgehead atoms. The molecule has 2 atom stereocenters. The van der Waals surface area contributed by atoms with Crippen molar-refractivity contribution in [3.8, 4) is 5.75 Å². The molecule has 1 aliphatic heterocycles. The van der Waals surface area contributed by atoms with Crippen LogP contribution in [0.4, 0.5) is 4.39 Å². The van der Waals surface area contributed by atoms with Gasteiger partial charge in [0, 0.05) is 31.2 Å². The molecule has 2 aromatic carbocycles. The van der Waals surface area contributed by atoms with Crippen LogP contribution < -0.4 is 10.5 Å². The zero-order chi connectivity index (χ0) is 17.1. The fourth-order valence-corrected chi connectivity index (χ4v) is 3.19. The zero-order valence-corrected chi connectivity index (χ0v) is 14.3. The largest absolute Gasteiger partial charge is 0.489 e. The van der Waals surface area contributed by atoms with Gasteiger partial charge in [-0.3, -0.25) is 4.90 Å². The normalized spacial score (nSPS) is 19.4. The first-order valence-corrected chi connectivity index (χ1v) is 8.51. The molecule has 1 heterocycles. The lowest BCUT2D eigenvalue weighted by atomic mass is 10.0. The second kappa shape index (κ2) is 7.32. The zero-order valence-electron chi connectivity index (χ0n) is 14.3. The van der Waals surface area contributed by atoms with Crippen LogP contribution in [0, 0.1) is 12.7 Å². The number of benzene rings is 2. The van der Waals surface area contributed by atoms with Crippen molar-refractivity contribution in [1.82, 2.24) is 4.90 Å². The SMILES string of the molecule is Cc1cc(OC2CCN(Cc3ccccc3)C2)c([C@H](C)N)cc1F. The molecule has 2 aromatic rings. The van der Waals surface area contributed by atoms with Gasteiger partial charge in [-0.15, -0.1) is 0 Å². The Morgan fingerprint density at radius 1 is 1.29 bits per heavy atom. The van der Waals surface area contributed by atoms with Crippen LogP contribution in [0.5, 0.6) is 5.75 Å². The summed E-state index contributed by atoms with van der Waals surface area (Å²) >= 11 is 0. The van der Waals surface area contributed by atoms with Gasteiger partial charge in [-0.2, -0.15) is 0 Å². The molecule has 4 heteroatoms. The molecule has 0 saturated carbocycles. The highest BCUT2D eigenvalue weighted by atomic mass is 19.1. The summed E-state index contributed by atoms with van der Waals surface area (Å²) in [5.41, 5.74) is 8.62.